The first-order chi connectivity index (χ1) is 4.18. The fraction of sp³-hybridized carbons (Fsp3) is 0.500. The number of carbonyl (C=O) groups excluding carboxylic acids is 2. The van der Waals surface area contributed by atoms with Gasteiger partial charge < -0.3 is 10.5 Å². The number of amides is 1. The highest BCUT2D eigenvalue weighted by Crippen LogP contribution is 1.66. The van der Waals surface area contributed by atoms with E-state index in [1.165, 1.54) is 0 Å². The lowest BCUT2D eigenvalue weighted by Crippen LogP contribution is -2.11. The third-order valence-electron chi connectivity index (χ3n) is 0.287. The third-order valence-corrected chi connectivity index (χ3v) is 0.287. The molecule has 0 saturated carbocycles. The van der Waals surface area contributed by atoms with E-state index in [-0.39, 0.29) is 0 Å². The summed E-state index contributed by atoms with van der Waals surface area (Å²) in [5, 5.41) is 5.40. The summed E-state index contributed by atoms with van der Waals surface area (Å²) in [4.78, 5) is 17.9. The zero-order valence-electron chi connectivity index (χ0n) is 5.01. The molecular formula is C4H8N2O3. The molecule has 0 saturated heterocycles. The molecule has 5 heteroatoms. The largest absolute Gasteiger partial charge is 0.450 e. The standard InChI is InChI=1S/C3H7NO2.CHNO/c1-2-6-3(4)5;2-1-3/h2H2,1H3,(H2,4,5);2H. The van der Waals surface area contributed by atoms with Crippen LogP contribution in [0, 0.1) is 5.41 Å². The molecule has 0 aliphatic heterocycles. The van der Waals surface area contributed by atoms with E-state index in [2.05, 4.69) is 10.5 Å². The summed E-state index contributed by atoms with van der Waals surface area (Å²) in [5.74, 6) is 0. The highest BCUT2D eigenvalue weighted by Gasteiger charge is 1.82. The van der Waals surface area contributed by atoms with Crippen LogP contribution in [-0.2, 0) is 9.53 Å². The predicted octanol–water partition coefficient (Wildman–Crippen LogP) is 0.00257. The zero-order chi connectivity index (χ0) is 7.70. The molecular weight excluding hydrogens is 124 g/mol. The van der Waals surface area contributed by atoms with Crippen molar-refractivity contribution < 1.29 is 14.3 Å². The fourth-order valence-electron chi connectivity index (χ4n) is 0.142. The van der Waals surface area contributed by atoms with Gasteiger partial charge in [-0.15, -0.1) is 0 Å². The van der Waals surface area contributed by atoms with Crippen molar-refractivity contribution in [2.75, 3.05) is 6.61 Å². The smallest absolute Gasteiger partial charge is 0.404 e. The molecule has 0 aliphatic carbocycles. The first-order valence-electron chi connectivity index (χ1n) is 2.15. The number of primary amides is 1. The Balaban J connectivity index is 0. The van der Waals surface area contributed by atoms with Crippen molar-refractivity contribution in [3.8, 4) is 0 Å². The molecule has 0 fully saturated rings. The molecule has 0 bridgehead atoms. The van der Waals surface area contributed by atoms with Gasteiger partial charge in [-0.05, 0) is 6.92 Å². The molecule has 5 nitrogen and oxygen atoms in total. The van der Waals surface area contributed by atoms with E-state index in [0.717, 1.165) is 6.08 Å². The maximum absolute atomic E-state index is 9.60. The van der Waals surface area contributed by atoms with Gasteiger partial charge in [-0.2, -0.15) is 0 Å². The van der Waals surface area contributed by atoms with Crippen molar-refractivity contribution in [2.24, 2.45) is 5.73 Å². The molecule has 0 aromatic rings. The van der Waals surface area contributed by atoms with Crippen LogP contribution in [0.25, 0.3) is 0 Å². The van der Waals surface area contributed by atoms with E-state index in [4.69, 9.17) is 10.2 Å². The number of isocyanates is 1. The summed E-state index contributed by atoms with van der Waals surface area (Å²) in [6.07, 6.45) is 0.0394. The number of hydrogen-bond donors (Lipinski definition) is 2. The molecule has 0 aliphatic rings. The molecule has 0 heterocycles. The second-order valence-corrected chi connectivity index (χ2v) is 0.854. The number of rotatable bonds is 1. The molecule has 0 radical (unpaired) electrons. The summed E-state index contributed by atoms with van der Waals surface area (Å²) in [6.45, 7) is 2.06. The highest BCUT2D eigenvalue weighted by atomic mass is 16.5. The van der Waals surface area contributed by atoms with E-state index < -0.39 is 6.09 Å². The Morgan fingerprint density at radius 3 is 2.22 bits per heavy atom. The molecule has 0 atom stereocenters. The van der Waals surface area contributed by atoms with Gasteiger partial charge in [0.2, 0.25) is 6.08 Å². The SMILES string of the molecule is CCOC(N)=O.N=C=O. The minimum Gasteiger partial charge on any atom is -0.450 e. The fourth-order valence-corrected chi connectivity index (χ4v) is 0.142. The van der Waals surface area contributed by atoms with E-state index in [0.29, 0.717) is 6.61 Å². The van der Waals surface area contributed by atoms with Crippen LogP contribution in [-0.4, -0.2) is 18.8 Å². The van der Waals surface area contributed by atoms with Gasteiger partial charge in [0.05, 0.1) is 6.61 Å². The van der Waals surface area contributed by atoms with Crippen LogP contribution in [0.2, 0.25) is 0 Å². The molecule has 0 spiro atoms. The molecule has 0 aromatic heterocycles. The van der Waals surface area contributed by atoms with Gasteiger partial charge in [0.15, 0.2) is 0 Å². The molecule has 0 aromatic carbocycles. The molecule has 0 unspecified atom stereocenters. The molecule has 9 heavy (non-hydrogen) atoms. The van der Waals surface area contributed by atoms with E-state index >= 15 is 0 Å². The topological polar surface area (TPSA) is 93.2 Å². The monoisotopic (exact) mass is 132 g/mol. The highest BCUT2D eigenvalue weighted by molar-refractivity contribution is 5.64. The van der Waals surface area contributed by atoms with Crippen LogP contribution in [0.4, 0.5) is 4.79 Å². The maximum Gasteiger partial charge on any atom is 0.404 e. The second-order valence-electron chi connectivity index (χ2n) is 0.854. The Bertz CT molecular complexity index is 106. The van der Waals surface area contributed by atoms with Crippen LogP contribution in [0.15, 0.2) is 0 Å². The molecule has 0 rings (SSSR count). The normalized spacial score (nSPS) is 5.89. The quantitative estimate of drug-likeness (QED) is 0.388. The number of hydrogen-bond acceptors (Lipinski definition) is 4. The van der Waals surface area contributed by atoms with Crippen molar-refractivity contribution in [2.45, 2.75) is 6.92 Å². The number of ether oxygens (including phenoxy) is 1. The number of nitrogens with two attached hydrogens (primary N) is 1. The Hall–Kier alpha value is -1.35. The number of carbonyl (C=O) groups is 1. The lowest BCUT2D eigenvalue weighted by Gasteiger charge is -1.89. The lowest BCUT2D eigenvalue weighted by atomic mass is 10.9. The molecule has 52 valence electrons. The minimum atomic E-state index is -0.711. The van der Waals surface area contributed by atoms with Crippen LogP contribution in [0.5, 0.6) is 0 Å². The first kappa shape index (κ1) is 10.6. The third kappa shape index (κ3) is 52.8. The number of nitrogens with one attached hydrogen (secondary N) is 1. The summed E-state index contributed by atoms with van der Waals surface area (Å²) in [5.41, 5.74) is 4.54. The molecule has 1 amide bonds. The summed E-state index contributed by atoms with van der Waals surface area (Å²) >= 11 is 0. The van der Waals surface area contributed by atoms with Crippen LogP contribution in [0.1, 0.15) is 6.92 Å². The van der Waals surface area contributed by atoms with Gasteiger partial charge in [-0.1, -0.05) is 0 Å². The Kier molecular flexibility index (Phi) is 11.6. The van der Waals surface area contributed by atoms with Crippen molar-refractivity contribution in [1.29, 1.82) is 5.41 Å². The van der Waals surface area contributed by atoms with Crippen molar-refractivity contribution in [1.82, 2.24) is 0 Å². The van der Waals surface area contributed by atoms with Crippen molar-refractivity contribution in [3.05, 3.63) is 0 Å². The van der Waals surface area contributed by atoms with Gasteiger partial charge in [-0.3, -0.25) is 0 Å². The van der Waals surface area contributed by atoms with Gasteiger partial charge in [0.1, 0.15) is 0 Å². The van der Waals surface area contributed by atoms with Gasteiger partial charge in [0.25, 0.3) is 0 Å². The van der Waals surface area contributed by atoms with Gasteiger partial charge in [0, 0.05) is 0 Å². The average molecular weight is 132 g/mol. The first-order valence-corrected chi connectivity index (χ1v) is 2.15. The van der Waals surface area contributed by atoms with Crippen molar-refractivity contribution in [3.63, 3.8) is 0 Å². The zero-order valence-corrected chi connectivity index (χ0v) is 5.01. The van der Waals surface area contributed by atoms with E-state index in [1.807, 2.05) is 0 Å². The van der Waals surface area contributed by atoms with Gasteiger partial charge >= 0.3 is 6.09 Å². The Morgan fingerprint density at radius 1 is 1.89 bits per heavy atom. The summed E-state index contributed by atoms with van der Waals surface area (Å²) in [7, 11) is 0. The average Bonchev–Trinajstić information content (AvgIpc) is 1.67. The van der Waals surface area contributed by atoms with Crippen LogP contribution >= 0.6 is 0 Å². The van der Waals surface area contributed by atoms with Gasteiger partial charge in [-0.25, -0.2) is 15.0 Å². The minimum absolute atomic E-state index is 0.356. The lowest BCUT2D eigenvalue weighted by molar-refractivity contribution is 0.163. The van der Waals surface area contributed by atoms with Crippen LogP contribution < -0.4 is 5.73 Å². The second kappa shape index (κ2) is 9.82. The summed E-state index contributed by atoms with van der Waals surface area (Å²) < 4.78 is 4.18. The summed E-state index contributed by atoms with van der Waals surface area (Å²) in [6, 6.07) is 0. The van der Waals surface area contributed by atoms with Crippen LogP contribution in [0.3, 0.4) is 0 Å². The Morgan fingerprint density at radius 2 is 2.22 bits per heavy atom. The van der Waals surface area contributed by atoms with E-state index in [1.54, 1.807) is 6.92 Å². The molecule has 3 N–H and O–H groups in total. The predicted molar refractivity (Wildman–Crippen MR) is 29.6 cm³/mol. The van der Waals surface area contributed by atoms with Crippen molar-refractivity contribution >= 4 is 12.2 Å². The Labute approximate surface area is 52.3 Å². The van der Waals surface area contributed by atoms with E-state index in [9.17, 15) is 4.79 Å². The maximum atomic E-state index is 9.60.